The van der Waals surface area contributed by atoms with Crippen LogP contribution in [0.25, 0.3) is 0 Å². The number of carbonyl (C=O) groups is 2. The molecule has 0 aromatic carbocycles. The lowest BCUT2D eigenvalue weighted by Crippen LogP contribution is -2.71. The Morgan fingerprint density at radius 2 is 1.88 bits per heavy atom. The number of aliphatic hydroxyl groups is 1. The van der Waals surface area contributed by atoms with Crippen LogP contribution < -0.4 is 16.1 Å². The molecule has 34 heavy (non-hydrogen) atoms. The topological polar surface area (TPSA) is 109 Å². The second kappa shape index (κ2) is 9.81. The van der Waals surface area contributed by atoms with Crippen LogP contribution in [0.1, 0.15) is 77.0 Å². The van der Waals surface area contributed by atoms with E-state index in [4.69, 9.17) is 21.2 Å². The summed E-state index contributed by atoms with van der Waals surface area (Å²) < 4.78 is 19.5. The number of amides is 2. The van der Waals surface area contributed by atoms with Gasteiger partial charge in [0.2, 0.25) is 5.91 Å². The SMILES string of the molecule is O=C(COC1CCC(Cl)C(F)C1)NC12CCC(NC(=O)C3ONC4CCCCC43)(CC1)CC2O. The number of aliphatic hydroxyl groups excluding tert-OH is 1. The number of carbonyl (C=O) groups excluding carboxylic acids is 2. The van der Waals surface area contributed by atoms with Crippen molar-refractivity contribution in [1.82, 2.24) is 16.1 Å². The van der Waals surface area contributed by atoms with Crippen molar-refractivity contribution < 1.29 is 28.7 Å². The van der Waals surface area contributed by atoms with Crippen molar-refractivity contribution in [3.63, 3.8) is 0 Å². The zero-order chi connectivity index (χ0) is 23.9. The van der Waals surface area contributed by atoms with E-state index in [1.54, 1.807) is 0 Å². The van der Waals surface area contributed by atoms with E-state index in [0.717, 1.165) is 25.7 Å². The van der Waals surface area contributed by atoms with Gasteiger partial charge in [-0.2, -0.15) is 5.48 Å². The van der Waals surface area contributed by atoms with Gasteiger partial charge in [0.1, 0.15) is 12.8 Å². The minimum atomic E-state index is -1.11. The zero-order valence-corrected chi connectivity index (χ0v) is 20.3. The van der Waals surface area contributed by atoms with Gasteiger partial charge in [-0.15, -0.1) is 11.6 Å². The third-order valence-electron chi connectivity index (χ3n) is 9.01. The minimum Gasteiger partial charge on any atom is -0.391 e. The summed E-state index contributed by atoms with van der Waals surface area (Å²) in [7, 11) is 0. The predicted molar refractivity (Wildman–Crippen MR) is 123 cm³/mol. The van der Waals surface area contributed by atoms with Gasteiger partial charge in [-0.05, 0) is 57.8 Å². The molecule has 0 aromatic heterocycles. The van der Waals surface area contributed by atoms with E-state index in [1.807, 2.05) is 0 Å². The lowest BCUT2D eigenvalue weighted by molar-refractivity contribution is -0.145. The Morgan fingerprint density at radius 1 is 1.12 bits per heavy atom. The minimum absolute atomic E-state index is 0.0984. The van der Waals surface area contributed by atoms with Crippen LogP contribution in [0.3, 0.4) is 0 Å². The van der Waals surface area contributed by atoms with Crippen LogP contribution in [0.2, 0.25) is 0 Å². The maximum absolute atomic E-state index is 13.8. The summed E-state index contributed by atoms with van der Waals surface area (Å²) in [5, 5.41) is 16.8. The highest BCUT2D eigenvalue weighted by Gasteiger charge is 2.56. The Hall–Kier alpha value is -1.00. The second-order valence-corrected chi connectivity index (χ2v) is 11.7. The molecule has 7 unspecified atom stereocenters. The highest BCUT2D eigenvalue weighted by Crippen LogP contribution is 2.47. The number of rotatable bonds is 6. The summed E-state index contributed by atoms with van der Waals surface area (Å²) in [5.41, 5.74) is 1.88. The number of ether oxygens (including phenoxy) is 1. The van der Waals surface area contributed by atoms with Gasteiger partial charge in [0.15, 0.2) is 6.10 Å². The van der Waals surface area contributed by atoms with E-state index in [9.17, 15) is 19.1 Å². The number of hydroxylamine groups is 1. The maximum atomic E-state index is 13.8. The van der Waals surface area contributed by atoms with Gasteiger partial charge in [0.25, 0.3) is 5.91 Å². The van der Waals surface area contributed by atoms with Gasteiger partial charge in [-0.1, -0.05) is 12.8 Å². The van der Waals surface area contributed by atoms with Crippen LogP contribution in [0.15, 0.2) is 0 Å². The first kappa shape index (κ1) is 24.7. The van der Waals surface area contributed by atoms with Crippen LogP contribution in [0.5, 0.6) is 0 Å². The standard InChI is InChI=1S/C24H37ClFN3O5/c25-16-6-5-14(11-17(16)26)33-13-20(31)27-24-9-7-23(8-10-24,12-19(24)30)28-22(32)21-15-3-1-2-4-18(15)29-34-21/h14-19,21,29-30H,1-13H2,(H,27,31)(H,28,32). The zero-order valence-electron chi connectivity index (χ0n) is 19.6. The molecular formula is C24H37ClFN3O5. The van der Waals surface area contributed by atoms with Gasteiger partial charge in [-0.3, -0.25) is 14.4 Å². The van der Waals surface area contributed by atoms with Crippen molar-refractivity contribution in [2.45, 2.75) is 124 Å². The first-order valence-corrected chi connectivity index (χ1v) is 13.3. The molecule has 5 saturated carbocycles. The molecule has 5 aliphatic carbocycles. The van der Waals surface area contributed by atoms with E-state index in [-0.39, 0.29) is 42.9 Å². The number of alkyl halides is 2. The van der Waals surface area contributed by atoms with Crippen molar-refractivity contribution in [2.75, 3.05) is 6.61 Å². The summed E-state index contributed by atoms with van der Waals surface area (Å²) in [5.74, 6) is -0.193. The average molecular weight is 502 g/mol. The first-order valence-electron chi connectivity index (χ1n) is 12.9. The molecule has 2 bridgehead atoms. The van der Waals surface area contributed by atoms with Crippen LogP contribution in [-0.4, -0.2) is 70.5 Å². The normalized spacial score (nSPS) is 46.0. The second-order valence-electron chi connectivity index (χ2n) is 11.2. The maximum Gasteiger partial charge on any atom is 0.252 e. The summed E-state index contributed by atoms with van der Waals surface area (Å²) in [6, 6.07) is 0.246. The van der Waals surface area contributed by atoms with Crippen molar-refractivity contribution in [2.24, 2.45) is 5.92 Å². The fourth-order valence-corrected chi connectivity index (χ4v) is 7.09. The highest BCUT2D eigenvalue weighted by atomic mass is 35.5. The largest absolute Gasteiger partial charge is 0.391 e. The average Bonchev–Trinajstić information content (AvgIpc) is 3.25. The highest BCUT2D eigenvalue weighted by molar-refractivity contribution is 6.21. The fourth-order valence-electron chi connectivity index (χ4n) is 6.86. The first-order chi connectivity index (χ1) is 16.3. The quantitative estimate of drug-likeness (QED) is 0.415. The molecule has 6 aliphatic rings. The molecule has 7 atom stereocenters. The molecule has 8 nitrogen and oxygen atoms in total. The molecule has 1 saturated heterocycles. The lowest BCUT2D eigenvalue weighted by Gasteiger charge is -2.56. The molecule has 2 amide bonds. The third kappa shape index (κ3) is 4.83. The van der Waals surface area contributed by atoms with Gasteiger partial charge in [0, 0.05) is 23.9 Å². The summed E-state index contributed by atoms with van der Waals surface area (Å²) in [6.45, 7) is -0.157. The lowest BCUT2D eigenvalue weighted by atomic mass is 9.59. The molecule has 0 radical (unpaired) electrons. The molecule has 6 rings (SSSR count). The Balaban J connectivity index is 1.12. The molecular weight excluding hydrogens is 465 g/mol. The molecule has 0 spiro atoms. The van der Waals surface area contributed by atoms with Crippen LogP contribution in [0.4, 0.5) is 4.39 Å². The number of nitrogens with one attached hydrogen (secondary N) is 3. The van der Waals surface area contributed by atoms with Crippen LogP contribution in [-0.2, 0) is 19.2 Å². The predicted octanol–water partition coefficient (Wildman–Crippen LogP) is 2.01. The van der Waals surface area contributed by atoms with E-state index < -0.39 is 34.8 Å². The van der Waals surface area contributed by atoms with E-state index in [0.29, 0.717) is 44.9 Å². The summed E-state index contributed by atoms with van der Waals surface area (Å²) in [4.78, 5) is 31.4. The van der Waals surface area contributed by atoms with Gasteiger partial charge < -0.3 is 20.5 Å². The van der Waals surface area contributed by atoms with Crippen molar-refractivity contribution >= 4 is 23.4 Å². The fraction of sp³-hybridized carbons (Fsp3) is 0.917. The Labute approximate surface area is 205 Å². The number of fused-ring (bicyclic) bond motifs is 4. The molecule has 10 heteroatoms. The molecule has 1 heterocycles. The number of hydrogen-bond donors (Lipinski definition) is 4. The number of halogens is 2. The van der Waals surface area contributed by atoms with E-state index in [2.05, 4.69) is 16.1 Å². The van der Waals surface area contributed by atoms with Crippen molar-refractivity contribution in [1.29, 1.82) is 0 Å². The van der Waals surface area contributed by atoms with Gasteiger partial charge >= 0.3 is 0 Å². The molecule has 6 fully saturated rings. The summed E-state index contributed by atoms with van der Waals surface area (Å²) in [6.07, 6.45) is 5.96. The van der Waals surface area contributed by atoms with Crippen LogP contribution >= 0.6 is 11.6 Å². The number of hydrogen-bond acceptors (Lipinski definition) is 6. The Morgan fingerprint density at radius 3 is 2.62 bits per heavy atom. The molecule has 0 aromatic rings. The van der Waals surface area contributed by atoms with Gasteiger partial charge in [0.05, 0.1) is 23.1 Å². The van der Waals surface area contributed by atoms with E-state index in [1.165, 1.54) is 0 Å². The van der Waals surface area contributed by atoms with Crippen LogP contribution in [0, 0.1) is 5.92 Å². The Kier molecular flexibility index (Phi) is 7.12. The van der Waals surface area contributed by atoms with Gasteiger partial charge in [-0.25, -0.2) is 4.39 Å². The van der Waals surface area contributed by atoms with Crippen molar-refractivity contribution in [3.8, 4) is 0 Å². The smallest absolute Gasteiger partial charge is 0.252 e. The monoisotopic (exact) mass is 501 g/mol. The molecule has 1 aliphatic heterocycles. The summed E-state index contributed by atoms with van der Waals surface area (Å²) >= 11 is 5.92. The third-order valence-corrected chi connectivity index (χ3v) is 9.50. The van der Waals surface area contributed by atoms with Crippen molar-refractivity contribution in [3.05, 3.63) is 0 Å². The molecule has 4 N–H and O–H groups in total. The van der Waals surface area contributed by atoms with E-state index >= 15 is 0 Å². The molecule has 192 valence electrons. The Bertz CT molecular complexity index is 780.